The first-order valence-corrected chi connectivity index (χ1v) is 6.75. The molecule has 1 rings (SSSR count). The van der Waals surface area contributed by atoms with E-state index in [2.05, 4.69) is 46.8 Å². The van der Waals surface area contributed by atoms with Crippen LogP contribution in [0.1, 0.15) is 25.2 Å². The standard InChI is InChI=1S/C13H22BrN3/c1-6-10-12(14)11(17(5)16-10)8-13(3,7-2)9-15-4/h7,15H,2,6,8-9H2,1,3-5H3. The molecule has 1 heterocycles. The summed E-state index contributed by atoms with van der Waals surface area (Å²) in [6, 6.07) is 0. The third-order valence-electron chi connectivity index (χ3n) is 3.15. The Labute approximate surface area is 112 Å². The zero-order valence-corrected chi connectivity index (χ0v) is 12.8. The highest BCUT2D eigenvalue weighted by Gasteiger charge is 2.24. The summed E-state index contributed by atoms with van der Waals surface area (Å²) in [5.74, 6) is 0. The average Bonchev–Trinajstić information content (AvgIpc) is 2.57. The average molecular weight is 300 g/mol. The van der Waals surface area contributed by atoms with E-state index >= 15 is 0 Å². The van der Waals surface area contributed by atoms with Gasteiger partial charge in [-0.3, -0.25) is 4.68 Å². The normalized spacial score (nSPS) is 14.6. The van der Waals surface area contributed by atoms with Crippen LogP contribution >= 0.6 is 15.9 Å². The second kappa shape index (κ2) is 5.83. The lowest BCUT2D eigenvalue weighted by molar-refractivity contribution is 0.394. The van der Waals surface area contributed by atoms with E-state index in [0.29, 0.717) is 0 Å². The lowest BCUT2D eigenvalue weighted by Gasteiger charge is -2.25. The first kappa shape index (κ1) is 14.5. The van der Waals surface area contributed by atoms with E-state index in [1.165, 1.54) is 5.69 Å². The number of nitrogens with one attached hydrogen (secondary N) is 1. The molecule has 1 aromatic heterocycles. The van der Waals surface area contributed by atoms with Crippen LogP contribution in [0.3, 0.4) is 0 Å². The van der Waals surface area contributed by atoms with Gasteiger partial charge >= 0.3 is 0 Å². The molecule has 96 valence electrons. The van der Waals surface area contributed by atoms with E-state index in [1.54, 1.807) is 0 Å². The molecule has 0 spiro atoms. The van der Waals surface area contributed by atoms with Crippen molar-refractivity contribution >= 4 is 15.9 Å². The Morgan fingerprint density at radius 1 is 1.59 bits per heavy atom. The lowest BCUT2D eigenvalue weighted by atomic mass is 9.85. The number of aryl methyl sites for hydroxylation is 2. The fourth-order valence-corrected chi connectivity index (χ4v) is 2.76. The SMILES string of the molecule is C=CC(C)(CNC)Cc1c(Br)c(CC)nn1C. The van der Waals surface area contributed by atoms with E-state index in [1.807, 2.05) is 24.9 Å². The Morgan fingerprint density at radius 2 is 2.24 bits per heavy atom. The van der Waals surface area contributed by atoms with Crippen molar-refractivity contribution in [3.63, 3.8) is 0 Å². The van der Waals surface area contributed by atoms with E-state index in [-0.39, 0.29) is 5.41 Å². The minimum atomic E-state index is 0.0517. The van der Waals surface area contributed by atoms with Crippen LogP contribution in [-0.2, 0) is 19.9 Å². The summed E-state index contributed by atoms with van der Waals surface area (Å²) in [5, 5.41) is 7.75. The van der Waals surface area contributed by atoms with Gasteiger partial charge in [-0.2, -0.15) is 5.10 Å². The molecule has 0 aliphatic rings. The lowest BCUT2D eigenvalue weighted by Crippen LogP contribution is -2.30. The summed E-state index contributed by atoms with van der Waals surface area (Å²) in [6.45, 7) is 9.19. The molecule has 1 atom stereocenters. The summed E-state index contributed by atoms with van der Waals surface area (Å²) in [6.07, 6.45) is 3.90. The Kier molecular flexibility index (Phi) is 4.95. The summed E-state index contributed by atoms with van der Waals surface area (Å²) in [5.41, 5.74) is 2.41. The van der Waals surface area contributed by atoms with Crippen LogP contribution < -0.4 is 5.32 Å². The maximum atomic E-state index is 4.52. The number of hydrogen-bond acceptors (Lipinski definition) is 2. The minimum absolute atomic E-state index is 0.0517. The fourth-order valence-electron chi connectivity index (χ4n) is 2.01. The number of nitrogens with zero attached hydrogens (tertiary/aromatic N) is 2. The van der Waals surface area contributed by atoms with Crippen LogP contribution in [0.2, 0.25) is 0 Å². The van der Waals surface area contributed by atoms with Gasteiger partial charge < -0.3 is 5.32 Å². The maximum absolute atomic E-state index is 4.52. The molecular weight excluding hydrogens is 278 g/mol. The van der Waals surface area contributed by atoms with Gasteiger partial charge in [0.25, 0.3) is 0 Å². The monoisotopic (exact) mass is 299 g/mol. The quantitative estimate of drug-likeness (QED) is 0.819. The van der Waals surface area contributed by atoms with Crippen molar-refractivity contribution in [2.45, 2.75) is 26.7 Å². The van der Waals surface area contributed by atoms with Gasteiger partial charge in [0.05, 0.1) is 15.9 Å². The Bertz CT molecular complexity index is 398. The Morgan fingerprint density at radius 3 is 2.65 bits per heavy atom. The van der Waals surface area contributed by atoms with Gasteiger partial charge in [-0.15, -0.1) is 6.58 Å². The van der Waals surface area contributed by atoms with Gasteiger partial charge in [0.1, 0.15) is 0 Å². The van der Waals surface area contributed by atoms with Crippen molar-refractivity contribution in [1.29, 1.82) is 0 Å². The van der Waals surface area contributed by atoms with Crippen LogP contribution in [0.25, 0.3) is 0 Å². The Balaban J connectivity index is 3.01. The first-order chi connectivity index (χ1) is 7.97. The van der Waals surface area contributed by atoms with Crippen LogP contribution in [0.4, 0.5) is 0 Å². The molecule has 1 aromatic rings. The van der Waals surface area contributed by atoms with Crippen LogP contribution in [-0.4, -0.2) is 23.4 Å². The molecule has 0 fully saturated rings. The van der Waals surface area contributed by atoms with Gasteiger partial charge in [0.2, 0.25) is 0 Å². The topological polar surface area (TPSA) is 29.9 Å². The van der Waals surface area contributed by atoms with Crippen molar-refractivity contribution in [1.82, 2.24) is 15.1 Å². The van der Waals surface area contributed by atoms with Gasteiger partial charge in [0.15, 0.2) is 0 Å². The molecule has 0 saturated heterocycles. The zero-order valence-electron chi connectivity index (χ0n) is 11.2. The molecule has 0 aliphatic heterocycles. The van der Waals surface area contributed by atoms with E-state index < -0.39 is 0 Å². The molecule has 17 heavy (non-hydrogen) atoms. The number of halogens is 1. The maximum Gasteiger partial charge on any atom is 0.0766 e. The molecule has 0 aliphatic carbocycles. The molecule has 0 saturated carbocycles. The molecule has 0 aromatic carbocycles. The van der Waals surface area contributed by atoms with Crippen LogP contribution in [0.5, 0.6) is 0 Å². The highest BCUT2D eigenvalue weighted by molar-refractivity contribution is 9.10. The second-order valence-electron chi connectivity index (χ2n) is 4.75. The van der Waals surface area contributed by atoms with Crippen molar-refractivity contribution in [3.05, 3.63) is 28.5 Å². The van der Waals surface area contributed by atoms with Crippen molar-refractivity contribution in [2.24, 2.45) is 12.5 Å². The zero-order chi connectivity index (χ0) is 13.1. The van der Waals surface area contributed by atoms with Crippen LogP contribution in [0.15, 0.2) is 17.1 Å². The molecule has 1 unspecified atom stereocenters. The third kappa shape index (κ3) is 3.19. The molecule has 3 nitrogen and oxygen atoms in total. The van der Waals surface area contributed by atoms with Crippen molar-refractivity contribution in [3.8, 4) is 0 Å². The highest BCUT2D eigenvalue weighted by Crippen LogP contribution is 2.29. The van der Waals surface area contributed by atoms with Gasteiger partial charge in [0, 0.05) is 25.4 Å². The summed E-state index contributed by atoms with van der Waals surface area (Å²) in [4.78, 5) is 0. The predicted octanol–water partition coefficient (Wildman–Crippen LogP) is 2.70. The summed E-state index contributed by atoms with van der Waals surface area (Å²) >= 11 is 3.66. The fraction of sp³-hybridized carbons (Fsp3) is 0.615. The molecular formula is C13H22BrN3. The van der Waals surface area contributed by atoms with E-state index in [9.17, 15) is 0 Å². The summed E-state index contributed by atoms with van der Waals surface area (Å²) in [7, 11) is 3.97. The molecule has 0 amide bonds. The largest absolute Gasteiger partial charge is 0.319 e. The minimum Gasteiger partial charge on any atom is -0.319 e. The smallest absolute Gasteiger partial charge is 0.0766 e. The number of rotatable bonds is 6. The van der Waals surface area contributed by atoms with E-state index in [0.717, 1.165) is 29.6 Å². The van der Waals surface area contributed by atoms with Gasteiger partial charge in [-0.05, 0) is 29.4 Å². The third-order valence-corrected chi connectivity index (χ3v) is 4.06. The predicted molar refractivity (Wildman–Crippen MR) is 76.2 cm³/mol. The first-order valence-electron chi connectivity index (χ1n) is 5.96. The van der Waals surface area contributed by atoms with Crippen molar-refractivity contribution < 1.29 is 0 Å². The van der Waals surface area contributed by atoms with Crippen LogP contribution in [0, 0.1) is 5.41 Å². The number of aromatic nitrogens is 2. The summed E-state index contributed by atoms with van der Waals surface area (Å²) < 4.78 is 3.12. The number of hydrogen-bond donors (Lipinski definition) is 1. The molecule has 4 heteroatoms. The molecule has 0 bridgehead atoms. The second-order valence-corrected chi connectivity index (χ2v) is 5.54. The van der Waals surface area contributed by atoms with E-state index in [4.69, 9.17) is 0 Å². The van der Waals surface area contributed by atoms with Crippen molar-refractivity contribution in [2.75, 3.05) is 13.6 Å². The molecule has 1 N–H and O–H groups in total. The Hall–Kier alpha value is -0.610. The van der Waals surface area contributed by atoms with Gasteiger partial charge in [-0.1, -0.05) is 19.9 Å². The highest BCUT2D eigenvalue weighted by atomic mass is 79.9. The molecule has 0 radical (unpaired) electrons. The van der Waals surface area contributed by atoms with Gasteiger partial charge in [-0.25, -0.2) is 0 Å².